The van der Waals surface area contributed by atoms with Crippen molar-refractivity contribution in [3.8, 4) is 6.07 Å². The van der Waals surface area contributed by atoms with Gasteiger partial charge in [-0.15, -0.1) is 0 Å². The van der Waals surface area contributed by atoms with E-state index in [0.717, 1.165) is 19.6 Å². The van der Waals surface area contributed by atoms with Crippen molar-refractivity contribution >= 4 is 0 Å². The predicted octanol–water partition coefficient (Wildman–Crippen LogP) is 0.514. The molecule has 0 spiro atoms. The lowest BCUT2D eigenvalue weighted by Gasteiger charge is -2.31. The Morgan fingerprint density at radius 3 is 2.53 bits per heavy atom. The molecule has 2 aliphatic rings. The van der Waals surface area contributed by atoms with Crippen LogP contribution in [0.5, 0.6) is 0 Å². The summed E-state index contributed by atoms with van der Waals surface area (Å²) in [4.78, 5) is 4.74. The van der Waals surface area contributed by atoms with Gasteiger partial charge in [-0.1, -0.05) is 0 Å². The van der Waals surface area contributed by atoms with Gasteiger partial charge in [-0.3, -0.25) is 4.90 Å². The van der Waals surface area contributed by atoms with Gasteiger partial charge in [0.05, 0.1) is 6.07 Å². The molecule has 1 aliphatic heterocycles. The molecule has 2 rings (SSSR count). The maximum absolute atomic E-state index is 9.47. The van der Waals surface area contributed by atoms with Crippen molar-refractivity contribution in [2.45, 2.75) is 30.8 Å². The summed E-state index contributed by atoms with van der Waals surface area (Å²) in [5.41, 5.74) is -0.304. The molecule has 17 heavy (non-hydrogen) atoms. The minimum atomic E-state index is -0.304. The molecular weight excluding hydrogens is 212 g/mol. The van der Waals surface area contributed by atoms with Crippen LogP contribution in [0.2, 0.25) is 0 Å². The van der Waals surface area contributed by atoms with Gasteiger partial charge >= 0.3 is 0 Å². The summed E-state index contributed by atoms with van der Waals surface area (Å²) in [6, 6.07) is 3.19. The maximum atomic E-state index is 9.47. The van der Waals surface area contributed by atoms with Crippen LogP contribution >= 0.6 is 0 Å². The summed E-state index contributed by atoms with van der Waals surface area (Å²) in [5.74, 6) is 0.566. The van der Waals surface area contributed by atoms with E-state index in [2.05, 4.69) is 35.3 Å². The van der Waals surface area contributed by atoms with E-state index in [9.17, 15) is 5.26 Å². The first kappa shape index (κ1) is 12.8. The van der Waals surface area contributed by atoms with E-state index >= 15 is 0 Å². The number of hydrogen-bond donors (Lipinski definition) is 1. The Hall–Kier alpha value is -0.630. The van der Waals surface area contributed by atoms with Crippen molar-refractivity contribution in [3.63, 3.8) is 0 Å². The number of rotatable bonds is 5. The molecule has 0 radical (unpaired) electrons. The highest BCUT2D eigenvalue weighted by Crippen LogP contribution is 2.40. The normalized spacial score (nSPS) is 29.2. The van der Waals surface area contributed by atoms with Gasteiger partial charge < -0.3 is 10.2 Å². The van der Waals surface area contributed by atoms with Gasteiger partial charge in [0, 0.05) is 19.1 Å². The number of nitrogens with one attached hydrogen (secondary N) is 1. The Kier molecular flexibility index (Phi) is 3.72. The summed E-state index contributed by atoms with van der Waals surface area (Å²) in [7, 11) is 6.22. The van der Waals surface area contributed by atoms with Crippen LogP contribution in [0.3, 0.4) is 0 Å². The maximum Gasteiger partial charge on any atom is 0.122 e. The third-order valence-corrected chi connectivity index (χ3v) is 4.37. The molecule has 2 atom stereocenters. The van der Waals surface area contributed by atoms with Gasteiger partial charge in [-0.05, 0) is 52.9 Å². The molecule has 4 nitrogen and oxygen atoms in total. The summed E-state index contributed by atoms with van der Waals surface area (Å²) >= 11 is 0. The largest absolute Gasteiger partial charge is 0.305 e. The van der Waals surface area contributed by atoms with Crippen molar-refractivity contribution in [3.05, 3.63) is 0 Å². The quantitative estimate of drug-likeness (QED) is 0.755. The van der Waals surface area contributed by atoms with Gasteiger partial charge in [-0.2, -0.15) is 5.26 Å². The predicted molar refractivity (Wildman–Crippen MR) is 68.7 cm³/mol. The Balaban J connectivity index is 1.94. The molecule has 2 fully saturated rings. The lowest BCUT2D eigenvalue weighted by atomic mass is 9.94. The van der Waals surface area contributed by atoms with E-state index in [4.69, 9.17) is 0 Å². The van der Waals surface area contributed by atoms with E-state index in [0.29, 0.717) is 12.0 Å². The average molecular weight is 236 g/mol. The Morgan fingerprint density at radius 2 is 2.12 bits per heavy atom. The molecule has 1 N–H and O–H groups in total. The van der Waals surface area contributed by atoms with Crippen LogP contribution in [0.15, 0.2) is 0 Å². The molecule has 1 heterocycles. The van der Waals surface area contributed by atoms with Crippen LogP contribution in [0.25, 0.3) is 0 Å². The first-order valence-corrected chi connectivity index (χ1v) is 6.60. The van der Waals surface area contributed by atoms with Gasteiger partial charge in [-0.25, -0.2) is 0 Å². The zero-order valence-corrected chi connectivity index (χ0v) is 11.2. The SMILES string of the molecule is CNC(C#N)(CN1CCC(N(C)C)C1)C1CC1. The van der Waals surface area contributed by atoms with Crippen molar-refractivity contribution in [1.29, 1.82) is 5.26 Å². The molecule has 0 amide bonds. The summed E-state index contributed by atoms with van der Waals surface area (Å²) in [5, 5.41) is 12.8. The summed E-state index contributed by atoms with van der Waals surface area (Å²) in [6.45, 7) is 3.11. The Morgan fingerprint density at radius 1 is 1.41 bits per heavy atom. The molecule has 1 saturated heterocycles. The summed E-state index contributed by atoms with van der Waals surface area (Å²) in [6.07, 6.45) is 3.64. The third-order valence-electron chi connectivity index (χ3n) is 4.37. The highest BCUT2D eigenvalue weighted by Gasteiger charge is 2.46. The minimum absolute atomic E-state index is 0.304. The second kappa shape index (κ2) is 4.93. The average Bonchev–Trinajstić information content (AvgIpc) is 3.06. The number of hydrogen-bond acceptors (Lipinski definition) is 4. The summed E-state index contributed by atoms with van der Waals surface area (Å²) < 4.78 is 0. The number of nitriles is 1. The highest BCUT2D eigenvalue weighted by atomic mass is 15.2. The fourth-order valence-electron chi connectivity index (χ4n) is 2.90. The lowest BCUT2D eigenvalue weighted by molar-refractivity contribution is 0.217. The Labute approximate surface area is 105 Å². The van der Waals surface area contributed by atoms with E-state index in [-0.39, 0.29) is 5.54 Å². The second-order valence-corrected chi connectivity index (χ2v) is 5.75. The number of likely N-dealkylation sites (tertiary alicyclic amines) is 1. The van der Waals surface area contributed by atoms with Crippen LogP contribution < -0.4 is 5.32 Å². The molecule has 4 heteroatoms. The minimum Gasteiger partial charge on any atom is -0.305 e. The molecule has 0 bridgehead atoms. The highest BCUT2D eigenvalue weighted by molar-refractivity contribution is 5.16. The monoisotopic (exact) mass is 236 g/mol. The van der Waals surface area contributed by atoms with Crippen molar-refractivity contribution < 1.29 is 0 Å². The molecule has 0 aromatic carbocycles. The molecule has 0 aromatic rings. The van der Waals surface area contributed by atoms with E-state index in [1.165, 1.54) is 19.3 Å². The van der Waals surface area contributed by atoms with Crippen molar-refractivity contribution in [1.82, 2.24) is 15.1 Å². The molecule has 1 saturated carbocycles. The zero-order chi connectivity index (χ0) is 12.5. The standard InChI is InChI=1S/C13H24N4/c1-15-13(9-14,11-4-5-11)10-17-7-6-12(8-17)16(2)3/h11-12,15H,4-8,10H2,1-3H3. The Bertz CT molecular complexity index is 305. The molecule has 2 unspecified atom stereocenters. The van der Waals surface area contributed by atoms with Crippen LogP contribution in [-0.2, 0) is 0 Å². The zero-order valence-electron chi connectivity index (χ0n) is 11.2. The molecule has 0 aromatic heterocycles. The first-order valence-electron chi connectivity index (χ1n) is 6.60. The van der Waals surface area contributed by atoms with Crippen LogP contribution in [-0.4, -0.2) is 62.2 Å². The molecule has 1 aliphatic carbocycles. The van der Waals surface area contributed by atoms with Gasteiger partial charge in [0.15, 0.2) is 0 Å². The van der Waals surface area contributed by atoms with Gasteiger partial charge in [0.25, 0.3) is 0 Å². The fraction of sp³-hybridized carbons (Fsp3) is 0.923. The molecule has 96 valence electrons. The van der Waals surface area contributed by atoms with E-state index in [1.54, 1.807) is 0 Å². The number of likely N-dealkylation sites (N-methyl/N-ethyl adjacent to an activating group) is 2. The van der Waals surface area contributed by atoms with Crippen molar-refractivity contribution in [2.75, 3.05) is 40.8 Å². The fourth-order valence-corrected chi connectivity index (χ4v) is 2.90. The van der Waals surface area contributed by atoms with Gasteiger partial charge in [0.2, 0.25) is 0 Å². The van der Waals surface area contributed by atoms with E-state index < -0.39 is 0 Å². The number of nitrogens with zero attached hydrogens (tertiary/aromatic N) is 3. The topological polar surface area (TPSA) is 42.3 Å². The van der Waals surface area contributed by atoms with Crippen LogP contribution in [0.4, 0.5) is 0 Å². The lowest BCUT2D eigenvalue weighted by Crippen LogP contribution is -2.52. The second-order valence-electron chi connectivity index (χ2n) is 5.75. The third kappa shape index (κ3) is 2.62. The van der Waals surface area contributed by atoms with Crippen LogP contribution in [0, 0.1) is 17.2 Å². The molecular formula is C13H24N4. The van der Waals surface area contributed by atoms with Gasteiger partial charge in [0.1, 0.15) is 5.54 Å². The van der Waals surface area contributed by atoms with Crippen molar-refractivity contribution in [2.24, 2.45) is 5.92 Å². The van der Waals surface area contributed by atoms with E-state index in [1.807, 2.05) is 7.05 Å². The van der Waals surface area contributed by atoms with Crippen LogP contribution in [0.1, 0.15) is 19.3 Å². The first-order chi connectivity index (χ1) is 8.11. The smallest absolute Gasteiger partial charge is 0.122 e.